The van der Waals surface area contributed by atoms with Gasteiger partial charge < -0.3 is 14.5 Å². The molecule has 3 fully saturated rings. The van der Waals surface area contributed by atoms with E-state index in [0.717, 1.165) is 50.1 Å². The number of hydrogen-bond donors (Lipinski definition) is 0. The second-order valence-electron chi connectivity index (χ2n) is 6.73. The number of ether oxygens (including phenoxy) is 1. The van der Waals surface area contributed by atoms with Gasteiger partial charge in [0.2, 0.25) is 0 Å². The van der Waals surface area contributed by atoms with E-state index in [1.807, 2.05) is 17.0 Å². The van der Waals surface area contributed by atoms with Crippen LogP contribution in [0.2, 0.25) is 0 Å². The summed E-state index contributed by atoms with van der Waals surface area (Å²) in [6, 6.07) is 11.5. The number of nitriles is 1. The van der Waals surface area contributed by atoms with Crippen LogP contribution in [0.25, 0.3) is 11.1 Å². The molecule has 0 spiro atoms. The Kier molecular flexibility index (Phi) is 4.55. The third-order valence-corrected chi connectivity index (χ3v) is 5.15. The average molecular weight is 348 g/mol. The van der Waals surface area contributed by atoms with E-state index >= 15 is 0 Å². The van der Waals surface area contributed by atoms with Crippen molar-refractivity contribution in [2.24, 2.45) is 0 Å². The highest BCUT2D eigenvalue weighted by Gasteiger charge is 2.32. The van der Waals surface area contributed by atoms with Crippen LogP contribution in [0, 0.1) is 11.3 Å². The number of carbonyl (C=O) groups excluding carboxylic acids is 1. The monoisotopic (exact) mass is 348 g/mol. The van der Waals surface area contributed by atoms with Crippen molar-refractivity contribution in [2.75, 3.05) is 26.2 Å². The number of carbonyl (C=O) groups is 1. The van der Waals surface area contributed by atoms with Crippen LogP contribution in [0.4, 0.5) is 4.79 Å². The second-order valence-corrected chi connectivity index (χ2v) is 6.73. The van der Waals surface area contributed by atoms with Gasteiger partial charge in [-0.25, -0.2) is 4.79 Å². The summed E-state index contributed by atoms with van der Waals surface area (Å²) in [6.45, 7) is 3.79. The van der Waals surface area contributed by atoms with Crippen LogP contribution in [0.5, 0.6) is 5.75 Å². The molecule has 2 bridgehead atoms. The van der Waals surface area contributed by atoms with Crippen molar-refractivity contribution in [3.8, 4) is 22.9 Å². The van der Waals surface area contributed by atoms with Crippen molar-refractivity contribution in [2.45, 2.75) is 18.9 Å². The first-order valence-corrected chi connectivity index (χ1v) is 8.89. The molecular formula is C20H20N4O2. The minimum atomic E-state index is -0.264. The van der Waals surface area contributed by atoms with Gasteiger partial charge in [0.1, 0.15) is 11.8 Å². The van der Waals surface area contributed by atoms with Crippen LogP contribution in [-0.2, 0) is 0 Å². The number of amides is 1. The maximum absolute atomic E-state index is 12.6. The van der Waals surface area contributed by atoms with Gasteiger partial charge in [-0.1, -0.05) is 12.1 Å². The highest BCUT2D eigenvalue weighted by Crippen LogP contribution is 2.25. The molecule has 0 aliphatic carbocycles. The Morgan fingerprint density at radius 3 is 2.58 bits per heavy atom. The smallest absolute Gasteiger partial charge is 0.410 e. The third kappa shape index (κ3) is 3.39. The Hall–Kier alpha value is -2.91. The fourth-order valence-electron chi connectivity index (χ4n) is 3.66. The molecule has 1 aromatic heterocycles. The van der Waals surface area contributed by atoms with E-state index in [1.54, 1.807) is 24.4 Å². The molecule has 3 saturated heterocycles. The van der Waals surface area contributed by atoms with E-state index in [2.05, 4.69) is 16.0 Å². The van der Waals surface area contributed by atoms with E-state index in [-0.39, 0.29) is 6.09 Å². The summed E-state index contributed by atoms with van der Waals surface area (Å²) in [5, 5.41) is 8.99. The molecular weight excluding hydrogens is 328 g/mol. The molecule has 0 radical (unpaired) electrons. The quantitative estimate of drug-likeness (QED) is 0.835. The molecule has 0 atom stereocenters. The van der Waals surface area contributed by atoms with Crippen LogP contribution in [0.3, 0.4) is 0 Å². The van der Waals surface area contributed by atoms with Gasteiger partial charge in [-0.15, -0.1) is 0 Å². The van der Waals surface area contributed by atoms with E-state index in [9.17, 15) is 4.79 Å². The molecule has 26 heavy (non-hydrogen) atoms. The first-order chi connectivity index (χ1) is 12.7. The largest absolute Gasteiger partial charge is 0.415 e. The van der Waals surface area contributed by atoms with Gasteiger partial charge in [0.25, 0.3) is 0 Å². The predicted octanol–water partition coefficient (Wildman–Crippen LogP) is 2.90. The summed E-state index contributed by atoms with van der Waals surface area (Å²) in [5.74, 6) is 0.530. The first kappa shape index (κ1) is 16.6. The minimum Gasteiger partial charge on any atom is -0.410 e. The van der Waals surface area contributed by atoms with E-state index < -0.39 is 0 Å². The van der Waals surface area contributed by atoms with Crippen LogP contribution < -0.4 is 4.74 Å². The standard InChI is InChI=1S/C20H20N4O2/c21-12-15-11-17(14-22-13-15)16-1-3-19(4-2-16)26-20(25)24-10-9-23-7-5-18(24)6-8-23/h1-4,11,13-14,18H,5-10H2. The van der Waals surface area contributed by atoms with Crippen molar-refractivity contribution in [3.05, 3.63) is 48.3 Å². The fraction of sp³-hybridized carbons (Fsp3) is 0.350. The van der Waals surface area contributed by atoms with Gasteiger partial charge in [0.05, 0.1) is 5.56 Å². The summed E-state index contributed by atoms with van der Waals surface area (Å²) in [4.78, 5) is 20.9. The number of piperidine rings is 1. The van der Waals surface area contributed by atoms with Crippen LogP contribution in [-0.4, -0.2) is 53.1 Å². The maximum Gasteiger partial charge on any atom is 0.415 e. The summed E-state index contributed by atoms with van der Waals surface area (Å²) in [6.07, 6.45) is 5.03. The number of benzene rings is 1. The topological polar surface area (TPSA) is 69.5 Å². The molecule has 5 rings (SSSR count). The molecule has 6 nitrogen and oxygen atoms in total. The summed E-state index contributed by atoms with van der Waals surface area (Å²) < 4.78 is 5.60. The lowest BCUT2D eigenvalue weighted by molar-refractivity contribution is 0.131. The van der Waals surface area contributed by atoms with Gasteiger partial charge in [0, 0.05) is 50.2 Å². The predicted molar refractivity (Wildman–Crippen MR) is 96.6 cm³/mol. The number of fused-ring (bicyclic) bond motifs is 4. The normalized spacial score (nSPS) is 21.7. The van der Waals surface area contributed by atoms with Crippen molar-refractivity contribution >= 4 is 6.09 Å². The Morgan fingerprint density at radius 2 is 1.85 bits per heavy atom. The molecule has 0 N–H and O–H groups in total. The van der Waals surface area contributed by atoms with Gasteiger partial charge in [-0.2, -0.15) is 5.26 Å². The zero-order chi connectivity index (χ0) is 17.9. The Morgan fingerprint density at radius 1 is 1.08 bits per heavy atom. The van der Waals surface area contributed by atoms with E-state index in [0.29, 0.717) is 17.4 Å². The molecule has 3 aliphatic rings. The lowest BCUT2D eigenvalue weighted by atomic mass is 10.1. The summed E-state index contributed by atoms with van der Waals surface area (Å²) in [7, 11) is 0. The number of rotatable bonds is 2. The van der Waals surface area contributed by atoms with Gasteiger partial charge in [-0.05, 0) is 36.6 Å². The molecule has 1 amide bonds. The number of nitrogens with zero attached hydrogens (tertiary/aromatic N) is 4. The molecule has 3 aliphatic heterocycles. The van der Waals surface area contributed by atoms with E-state index in [4.69, 9.17) is 10.00 Å². The Labute approximate surface area is 152 Å². The third-order valence-electron chi connectivity index (χ3n) is 5.15. The highest BCUT2D eigenvalue weighted by atomic mass is 16.6. The van der Waals surface area contributed by atoms with Crippen molar-refractivity contribution in [1.29, 1.82) is 5.26 Å². The minimum absolute atomic E-state index is 0.264. The lowest BCUT2D eigenvalue weighted by Gasteiger charge is -2.30. The van der Waals surface area contributed by atoms with Crippen LogP contribution in [0.15, 0.2) is 42.7 Å². The van der Waals surface area contributed by atoms with Crippen molar-refractivity contribution in [1.82, 2.24) is 14.8 Å². The van der Waals surface area contributed by atoms with Crippen molar-refractivity contribution < 1.29 is 9.53 Å². The molecule has 0 unspecified atom stereocenters. The van der Waals surface area contributed by atoms with Gasteiger partial charge in [0.15, 0.2) is 0 Å². The zero-order valence-electron chi connectivity index (χ0n) is 14.5. The number of aromatic nitrogens is 1. The number of hydrogen-bond acceptors (Lipinski definition) is 5. The molecule has 132 valence electrons. The molecule has 0 saturated carbocycles. The van der Waals surface area contributed by atoms with Gasteiger partial charge >= 0.3 is 6.09 Å². The first-order valence-electron chi connectivity index (χ1n) is 8.89. The fourth-order valence-corrected chi connectivity index (χ4v) is 3.66. The summed E-state index contributed by atoms with van der Waals surface area (Å²) in [5.41, 5.74) is 2.31. The highest BCUT2D eigenvalue weighted by molar-refractivity contribution is 5.72. The SMILES string of the molecule is N#Cc1cncc(-c2ccc(OC(=O)N3CCN4CCC3CC4)cc2)c1. The van der Waals surface area contributed by atoms with Gasteiger partial charge in [-0.3, -0.25) is 4.98 Å². The zero-order valence-corrected chi connectivity index (χ0v) is 14.5. The number of pyridine rings is 1. The summed E-state index contributed by atoms with van der Waals surface area (Å²) >= 11 is 0. The molecule has 4 heterocycles. The molecule has 6 heteroatoms. The molecule has 1 aromatic carbocycles. The average Bonchev–Trinajstić information content (AvgIpc) is 3.02. The Balaban J connectivity index is 1.45. The lowest BCUT2D eigenvalue weighted by Crippen LogP contribution is -2.43. The molecule has 2 aromatic rings. The van der Waals surface area contributed by atoms with Crippen molar-refractivity contribution in [3.63, 3.8) is 0 Å². The van der Waals surface area contributed by atoms with Crippen LogP contribution >= 0.6 is 0 Å². The van der Waals surface area contributed by atoms with Crippen LogP contribution in [0.1, 0.15) is 18.4 Å². The maximum atomic E-state index is 12.6. The van der Waals surface area contributed by atoms with E-state index in [1.165, 1.54) is 6.20 Å². The Bertz CT molecular complexity index is 836. The second kappa shape index (κ2) is 7.14.